The Morgan fingerprint density at radius 3 is 2.00 bits per heavy atom. The van der Waals surface area contributed by atoms with Gasteiger partial charge in [0.25, 0.3) is 0 Å². The molecule has 0 rings (SSSR count). The highest BCUT2D eigenvalue weighted by Gasteiger charge is 1.52. The first-order valence-electron chi connectivity index (χ1n) is 0.879. The van der Waals surface area contributed by atoms with Crippen molar-refractivity contribution in [2.75, 3.05) is 6.73 Å². The second-order valence-electron chi connectivity index (χ2n) is 0.296. The monoisotopic (exact) mass is 99.0 g/mol. The molecule has 0 atom stereocenters. The molecule has 0 aromatic carbocycles. The Balaban J connectivity index is 0. The smallest absolute Gasteiger partial charge is 0.130 e. The summed E-state index contributed by atoms with van der Waals surface area (Å²) in [5.74, 6) is 0. The molecule has 0 radical (unpaired) electrons. The quantitative estimate of drug-likeness (QED) is 0.272. The molecule has 0 fully saturated rings. The Morgan fingerprint density at radius 1 is 1.80 bits per heavy atom. The lowest BCUT2D eigenvalue weighted by molar-refractivity contribution is -0.240. The molecule has 0 aromatic heterocycles. The summed E-state index contributed by atoms with van der Waals surface area (Å²) >= 11 is 0. The van der Waals surface area contributed by atoms with Gasteiger partial charge in [-0.1, -0.05) is 0 Å². The van der Waals surface area contributed by atoms with Crippen LogP contribution in [-0.2, 0) is 4.89 Å². The molecule has 0 aliphatic heterocycles. The fourth-order valence-electron chi connectivity index (χ4n) is 0. The lowest BCUT2D eigenvalue weighted by Gasteiger charge is -1.74. The van der Waals surface area contributed by atoms with Crippen molar-refractivity contribution in [1.29, 1.82) is 0 Å². The van der Waals surface area contributed by atoms with Gasteiger partial charge in [-0.15, -0.1) is 12.4 Å². The lowest BCUT2D eigenvalue weighted by atomic mass is 11.4. The van der Waals surface area contributed by atoms with Gasteiger partial charge in [0.05, 0.1) is 0 Å². The van der Waals surface area contributed by atoms with Gasteiger partial charge in [-0.3, -0.25) is 5.26 Å². The topological polar surface area (TPSA) is 55.5 Å². The number of hydrogen-bond donors (Lipinski definition) is 2. The first-order chi connectivity index (χ1) is 1.91. The molecular formula is CH6ClNO2. The zero-order valence-corrected chi connectivity index (χ0v) is 3.36. The van der Waals surface area contributed by atoms with Crippen molar-refractivity contribution in [2.45, 2.75) is 0 Å². The second kappa shape index (κ2) is 8.90. The van der Waals surface area contributed by atoms with Gasteiger partial charge in [0.15, 0.2) is 0 Å². The zero-order chi connectivity index (χ0) is 3.41. The van der Waals surface area contributed by atoms with Crippen LogP contribution in [0.1, 0.15) is 0 Å². The molecule has 5 heavy (non-hydrogen) atoms. The SMILES string of the molecule is Cl.NCOO. The molecule has 0 aromatic rings. The normalized spacial score (nSPS) is 6.00. The summed E-state index contributed by atoms with van der Waals surface area (Å²) in [6, 6.07) is 0. The molecule has 0 saturated carbocycles. The van der Waals surface area contributed by atoms with E-state index in [1.165, 1.54) is 0 Å². The van der Waals surface area contributed by atoms with E-state index < -0.39 is 0 Å². The summed E-state index contributed by atoms with van der Waals surface area (Å²) in [6.45, 7) is -0.125. The third-order valence-electron chi connectivity index (χ3n) is 0.0745. The van der Waals surface area contributed by atoms with Crippen LogP contribution >= 0.6 is 12.4 Å². The van der Waals surface area contributed by atoms with Crippen LogP contribution in [-0.4, -0.2) is 12.0 Å². The van der Waals surface area contributed by atoms with Crippen LogP contribution in [0.2, 0.25) is 0 Å². The van der Waals surface area contributed by atoms with Crippen LogP contribution in [0.25, 0.3) is 0 Å². The van der Waals surface area contributed by atoms with E-state index in [0.717, 1.165) is 0 Å². The molecule has 0 amide bonds. The predicted octanol–water partition coefficient (Wildman–Crippen LogP) is -0.186. The minimum Gasteiger partial charge on any atom is -0.306 e. The number of hydrogen-bond acceptors (Lipinski definition) is 3. The molecule has 34 valence electrons. The molecule has 0 aliphatic rings. The van der Waals surface area contributed by atoms with E-state index >= 15 is 0 Å². The van der Waals surface area contributed by atoms with Crippen LogP contribution in [0.4, 0.5) is 0 Å². The molecule has 0 spiro atoms. The number of rotatable bonds is 1. The van der Waals surface area contributed by atoms with E-state index in [2.05, 4.69) is 10.6 Å². The van der Waals surface area contributed by atoms with E-state index in [-0.39, 0.29) is 19.1 Å². The summed E-state index contributed by atoms with van der Waals surface area (Å²) in [5.41, 5.74) is 4.56. The van der Waals surface area contributed by atoms with Crippen LogP contribution < -0.4 is 5.73 Å². The Hall–Kier alpha value is 0.170. The maximum atomic E-state index is 7.25. The van der Waals surface area contributed by atoms with Crippen molar-refractivity contribution in [2.24, 2.45) is 5.73 Å². The first kappa shape index (κ1) is 8.95. The van der Waals surface area contributed by atoms with E-state index in [4.69, 9.17) is 5.26 Å². The van der Waals surface area contributed by atoms with Crippen molar-refractivity contribution >= 4 is 12.4 Å². The average Bonchev–Trinajstić information content (AvgIpc) is 1.37. The van der Waals surface area contributed by atoms with Crippen LogP contribution in [0, 0.1) is 0 Å². The number of halogens is 1. The van der Waals surface area contributed by atoms with Gasteiger partial charge in [-0.05, 0) is 0 Å². The van der Waals surface area contributed by atoms with Crippen molar-refractivity contribution in [1.82, 2.24) is 0 Å². The van der Waals surface area contributed by atoms with Gasteiger partial charge in [-0.25, -0.2) is 4.89 Å². The lowest BCUT2D eigenvalue weighted by Crippen LogP contribution is -1.99. The molecule has 0 bridgehead atoms. The summed E-state index contributed by atoms with van der Waals surface area (Å²) in [7, 11) is 0. The molecule has 0 unspecified atom stereocenters. The van der Waals surface area contributed by atoms with Crippen LogP contribution in [0.5, 0.6) is 0 Å². The predicted molar refractivity (Wildman–Crippen MR) is 20.0 cm³/mol. The standard InChI is InChI=1S/CH5NO2.ClH/c2-1-4-3;/h3H,1-2H2;1H. The van der Waals surface area contributed by atoms with Gasteiger partial charge in [0, 0.05) is 0 Å². The van der Waals surface area contributed by atoms with Crippen molar-refractivity contribution in [3.05, 3.63) is 0 Å². The Labute approximate surface area is 36.1 Å². The molecule has 0 aliphatic carbocycles. The van der Waals surface area contributed by atoms with Crippen LogP contribution in [0.3, 0.4) is 0 Å². The van der Waals surface area contributed by atoms with E-state index in [9.17, 15) is 0 Å². The summed E-state index contributed by atoms with van der Waals surface area (Å²) in [6.07, 6.45) is 0. The Bertz CT molecular complexity index is 11.6. The van der Waals surface area contributed by atoms with Gasteiger partial charge >= 0.3 is 0 Å². The van der Waals surface area contributed by atoms with Gasteiger partial charge in [0.1, 0.15) is 6.73 Å². The molecule has 0 saturated heterocycles. The molecular weight excluding hydrogens is 93.5 g/mol. The van der Waals surface area contributed by atoms with E-state index in [0.29, 0.717) is 0 Å². The van der Waals surface area contributed by atoms with Crippen molar-refractivity contribution < 1.29 is 10.1 Å². The minimum absolute atomic E-state index is 0. The van der Waals surface area contributed by atoms with Crippen LogP contribution in [0.15, 0.2) is 0 Å². The minimum atomic E-state index is -0.125. The highest BCUT2D eigenvalue weighted by Crippen LogP contribution is 1.38. The first-order valence-corrected chi connectivity index (χ1v) is 0.879. The van der Waals surface area contributed by atoms with Crippen molar-refractivity contribution in [3.8, 4) is 0 Å². The van der Waals surface area contributed by atoms with E-state index in [1.54, 1.807) is 0 Å². The third-order valence-corrected chi connectivity index (χ3v) is 0.0745. The molecule has 3 N–H and O–H groups in total. The Morgan fingerprint density at radius 2 is 2.00 bits per heavy atom. The van der Waals surface area contributed by atoms with Crippen molar-refractivity contribution in [3.63, 3.8) is 0 Å². The summed E-state index contributed by atoms with van der Waals surface area (Å²) in [4.78, 5) is 3.32. The fraction of sp³-hybridized carbons (Fsp3) is 1.00. The molecule has 4 heteroatoms. The maximum absolute atomic E-state index is 7.25. The molecule has 3 nitrogen and oxygen atoms in total. The summed E-state index contributed by atoms with van der Waals surface area (Å²) < 4.78 is 0. The van der Waals surface area contributed by atoms with Gasteiger partial charge in [0.2, 0.25) is 0 Å². The fourth-order valence-corrected chi connectivity index (χ4v) is 0. The highest BCUT2D eigenvalue weighted by atomic mass is 35.5. The third kappa shape index (κ3) is 14.3. The summed E-state index contributed by atoms with van der Waals surface area (Å²) in [5, 5.41) is 7.25. The average molecular weight is 99.5 g/mol. The van der Waals surface area contributed by atoms with Gasteiger partial charge < -0.3 is 5.73 Å². The largest absolute Gasteiger partial charge is 0.306 e. The Kier molecular flexibility index (Phi) is 15.9. The second-order valence-corrected chi connectivity index (χ2v) is 0.296. The zero-order valence-electron chi connectivity index (χ0n) is 2.55. The highest BCUT2D eigenvalue weighted by molar-refractivity contribution is 5.85. The molecule has 0 heterocycles. The van der Waals surface area contributed by atoms with E-state index in [1.807, 2.05) is 0 Å². The number of nitrogens with two attached hydrogens (primary N) is 1. The maximum Gasteiger partial charge on any atom is 0.130 e. The van der Waals surface area contributed by atoms with Gasteiger partial charge in [-0.2, -0.15) is 0 Å².